The molecule has 0 saturated heterocycles. The third-order valence-corrected chi connectivity index (χ3v) is 2.62. The third kappa shape index (κ3) is 1.63. The molecule has 0 spiro atoms. The number of amides is 1. The summed E-state index contributed by atoms with van der Waals surface area (Å²) < 4.78 is 1.64. The summed E-state index contributed by atoms with van der Waals surface area (Å²) in [6.07, 6.45) is 3.25. The zero-order valence-electron chi connectivity index (χ0n) is 8.10. The number of carbonyl (C=O) groups excluding carboxylic acids is 1. The molecule has 1 heterocycles. The van der Waals surface area contributed by atoms with Gasteiger partial charge in [0.15, 0.2) is 0 Å². The van der Waals surface area contributed by atoms with Gasteiger partial charge >= 0.3 is 0 Å². The fraction of sp³-hybridized carbons (Fsp3) is 0.556. The number of nitrogens with two attached hydrogens (primary N) is 1. The molecule has 0 bridgehead atoms. The molecule has 1 aliphatic carbocycles. The Morgan fingerprint density at radius 3 is 2.93 bits per heavy atom. The fourth-order valence-corrected chi connectivity index (χ4v) is 1.60. The third-order valence-electron chi connectivity index (χ3n) is 2.62. The normalized spacial score (nSPS) is 25.6. The molecule has 0 aliphatic heterocycles. The van der Waals surface area contributed by atoms with E-state index >= 15 is 0 Å². The van der Waals surface area contributed by atoms with Crippen molar-refractivity contribution in [3.8, 4) is 0 Å². The van der Waals surface area contributed by atoms with Gasteiger partial charge in [0.2, 0.25) is 5.91 Å². The molecular formula is C9H14N4O. The Morgan fingerprint density at radius 2 is 2.43 bits per heavy atom. The molecule has 76 valence electrons. The summed E-state index contributed by atoms with van der Waals surface area (Å²) >= 11 is 0. The summed E-state index contributed by atoms with van der Waals surface area (Å²) in [4.78, 5) is 11.6. The molecule has 3 N–H and O–H groups in total. The average Bonchev–Trinajstić information content (AvgIpc) is 2.46. The minimum absolute atomic E-state index is 0.0512. The van der Waals surface area contributed by atoms with Crippen molar-refractivity contribution < 1.29 is 4.79 Å². The van der Waals surface area contributed by atoms with Crippen molar-refractivity contribution in [2.24, 2.45) is 18.7 Å². The number of rotatable bonds is 2. The predicted molar refractivity (Wildman–Crippen MR) is 52.5 cm³/mol. The first-order chi connectivity index (χ1) is 6.66. The lowest BCUT2D eigenvalue weighted by Crippen LogP contribution is -2.42. The molecule has 1 aliphatic rings. The van der Waals surface area contributed by atoms with Crippen LogP contribution in [0, 0.1) is 5.92 Å². The number of hydrogen-bond acceptors (Lipinski definition) is 3. The van der Waals surface area contributed by atoms with Crippen LogP contribution >= 0.6 is 0 Å². The van der Waals surface area contributed by atoms with E-state index < -0.39 is 0 Å². The maximum Gasteiger partial charge on any atom is 0.228 e. The van der Waals surface area contributed by atoms with E-state index in [1.165, 1.54) is 0 Å². The van der Waals surface area contributed by atoms with Crippen molar-refractivity contribution in [1.29, 1.82) is 0 Å². The lowest BCUT2D eigenvalue weighted by atomic mass is 9.80. The van der Waals surface area contributed by atoms with E-state index in [0.717, 1.165) is 18.7 Å². The van der Waals surface area contributed by atoms with Crippen molar-refractivity contribution in [2.45, 2.75) is 18.9 Å². The van der Waals surface area contributed by atoms with Crippen LogP contribution in [-0.4, -0.2) is 21.7 Å². The van der Waals surface area contributed by atoms with Crippen LogP contribution in [0.25, 0.3) is 0 Å². The van der Waals surface area contributed by atoms with E-state index in [0.29, 0.717) is 0 Å². The Balaban J connectivity index is 1.92. The SMILES string of the molecule is Cn1nccc1NC(=O)C1CC(N)C1. The first-order valence-electron chi connectivity index (χ1n) is 4.71. The average molecular weight is 194 g/mol. The molecule has 1 aromatic rings. The minimum Gasteiger partial charge on any atom is -0.328 e. The van der Waals surface area contributed by atoms with Gasteiger partial charge in [-0.05, 0) is 12.8 Å². The van der Waals surface area contributed by atoms with Crippen molar-refractivity contribution in [1.82, 2.24) is 9.78 Å². The monoisotopic (exact) mass is 194 g/mol. The van der Waals surface area contributed by atoms with Crippen LogP contribution in [-0.2, 0) is 11.8 Å². The van der Waals surface area contributed by atoms with Gasteiger partial charge in [0, 0.05) is 25.1 Å². The van der Waals surface area contributed by atoms with Gasteiger partial charge < -0.3 is 11.1 Å². The highest BCUT2D eigenvalue weighted by molar-refractivity contribution is 5.92. The zero-order chi connectivity index (χ0) is 10.1. The molecule has 1 amide bonds. The van der Waals surface area contributed by atoms with Gasteiger partial charge in [0.05, 0.1) is 6.20 Å². The second-order valence-electron chi connectivity index (χ2n) is 3.76. The van der Waals surface area contributed by atoms with E-state index in [-0.39, 0.29) is 17.9 Å². The highest BCUT2D eigenvalue weighted by Crippen LogP contribution is 2.26. The molecule has 0 aromatic carbocycles. The Bertz CT molecular complexity index is 340. The number of carbonyl (C=O) groups is 1. The Morgan fingerprint density at radius 1 is 1.71 bits per heavy atom. The second-order valence-corrected chi connectivity index (χ2v) is 3.76. The number of anilines is 1. The molecule has 14 heavy (non-hydrogen) atoms. The van der Waals surface area contributed by atoms with Gasteiger partial charge in [-0.2, -0.15) is 5.10 Å². The van der Waals surface area contributed by atoms with E-state index in [1.807, 2.05) is 0 Å². The molecule has 1 aromatic heterocycles. The molecule has 2 rings (SSSR count). The van der Waals surface area contributed by atoms with Gasteiger partial charge in [-0.15, -0.1) is 0 Å². The lowest BCUT2D eigenvalue weighted by molar-refractivity contribution is -0.122. The quantitative estimate of drug-likeness (QED) is 0.701. The standard InChI is InChI=1S/C9H14N4O/c1-13-8(2-3-11-13)12-9(14)6-4-7(10)5-6/h2-3,6-7H,4-5,10H2,1H3,(H,12,14). The molecule has 0 radical (unpaired) electrons. The molecule has 5 nitrogen and oxygen atoms in total. The number of nitrogens with one attached hydrogen (secondary N) is 1. The van der Waals surface area contributed by atoms with Crippen LogP contribution in [0.4, 0.5) is 5.82 Å². The first-order valence-corrected chi connectivity index (χ1v) is 4.71. The van der Waals surface area contributed by atoms with Crippen molar-refractivity contribution in [2.75, 3.05) is 5.32 Å². The van der Waals surface area contributed by atoms with Crippen LogP contribution in [0.2, 0.25) is 0 Å². The molecule has 0 atom stereocenters. The van der Waals surface area contributed by atoms with Crippen molar-refractivity contribution in [3.63, 3.8) is 0 Å². The fourth-order valence-electron chi connectivity index (χ4n) is 1.60. The summed E-state index contributed by atoms with van der Waals surface area (Å²) in [5, 5.41) is 6.78. The molecular weight excluding hydrogens is 180 g/mol. The summed E-state index contributed by atoms with van der Waals surface area (Å²) in [5.41, 5.74) is 5.61. The lowest BCUT2D eigenvalue weighted by Gasteiger charge is -2.30. The van der Waals surface area contributed by atoms with E-state index in [9.17, 15) is 4.79 Å². The van der Waals surface area contributed by atoms with Crippen LogP contribution in [0.5, 0.6) is 0 Å². The number of hydrogen-bond donors (Lipinski definition) is 2. The largest absolute Gasteiger partial charge is 0.328 e. The molecule has 0 unspecified atom stereocenters. The maximum atomic E-state index is 11.6. The topological polar surface area (TPSA) is 72.9 Å². The second kappa shape index (κ2) is 3.42. The molecule has 1 saturated carbocycles. The van der Waals surface area contributed by atoms with Gasteiger partial charge in [0.25, 0.3) is 0 Å². The summed E-state index contributed by atoms with van der Waals surface area (Å²) in [6, 6.07) is 1.98. The number of aromatic nitrogens is 2. The Kier molecular flexibility index (Phi) is 2.25. The first kappa shape index (κ1) is 9.21. The van der Waals surface area contributed by atoms with Gasteiger partial charge in [-0.1, -0.05) is 0 Å². The summed E-state index contributed by atoms with van der Waals surface area (Å²) in [5.74, 6) is 0.866. The van der Waals surface area contributed by atoms with Gasteiger partial charge in [0.1, 0.15) is 5.82 Å². The summed E-state index contributed by atoms with van der Waals surface area (Å²) in [7, 11) is 1.79. The number of nitrogens with zero attached hydrogens (tertiary/aromatic N) is 2. The highest BCUT2D eigenvalue weighted by atomic mass is 16.2. The Hall–Kier alpha value is -1.36. The minimum atomic E-state index is 0.0512. The van der Waals surface area contributed by atoms with Crippen LogP contribution < -0.4 is 11.1 Å². The smallest absolute Gasteiger partial charge is 0.228 e. The van der Waals surface area contributed by atoms with E-state index in [2.05, 4.69) is 10.4 Å². The molecule has 1 fully saturated rings. The predicted octanol–water partition coefficient (Wildman–Crippen LogP) is 0.0959. The van der Waals surface area contributed by atoms with Crippen molar-refractivity contribution in [3.05, 3.63) is 12.3 Å². The highest BCUT2D eigenvalue weighted by Gasteiger charge is 2.32. The van der Waals surface area contributed by atoms with Crippen molar-refractivity contribution >= 4 is 11.7 Å². The van der Waals surface area contributed by atoms with Gasteiger partial charge in [-0.25, -0.2) is 0 Å². The van der Waals surface area contributed by atoms with E-state index in [4.69, 9.17) is 5.73 Å². The van der Waals surface area contributed by atoms with E-state index in [1.54, 1.807) is 24.0 Å². The van der Waals surface area contributed by atoms with Crippen LogP contribution in [0.3, 0.4) is 0 Å². The van der Waals surface area contributed by atoms with Crippen LogP contribution in [0.1, 0.15) is 12.8 Å². The Labute approximate surface area is 82.3 Å². The van der Waals surface area contributed by atoms with Gasteiger partial charge in [-0.3, -0.25) is 9.48 Å². The molecule has 5 heteroatoms. The maximum absolute atomic E-state index is 11.6. The number of aryl methyl sites for hydroxylation is 1. The summed E-state index contributed by atoms with van der Waals surface area (Å²) in [6.45, 7) is 0. The zero-order valence-corrected chi connectivity index (χ0v) is 8.10. The van der Waals surface area contributed by atoms with Crippen LogP contribution in [0.15, 0.2) is 12.3 Å².